The van der Waals surface area contributed by atoms with E-state index in [0.717, 1.165) is 5.69 Å². The van der Waals surface area contributed by atoms with E-state index in [1.54, 1.807) is 0 Å². The molecule has 0 aliphatic rings. The van der Waals surface area contributed by atoms with Crippen LogP contribution in [0.1, 0.15) is 98.4 Å². The number of benzene rings is 1. The van der Waals surface area contributed by atoms with Gasteiger partial charge in [-0.1, -0.05) is 100 Å². The highest BCUT2D eigenvalue weighted by atomic mass is 14.7. The molecular weight excluding hydrogens is 364 g/mol. The minimum atomic E-state index is 0. The molecule has 1 aromatic carbocycles. The molecule has 0 saturated heterocycles. The number of rotatable bonds is 3. The van der Waals surface area contributed by atoms with Crippen LogP contribution in [0, 0.1) is 0 Å². The molecule has 0 spiro atoms. The van der Waals surface area contributed by atoms with Crippen molar-refractivity contribution in [3.05, 3.63) is 96.1 Å². The van der Waals surface area contributed by atoms with Gasteiger partial charge in [-0.25, -0.2) is 0 Å². The minimum absolute atomic E-state index is 0. The lowest BCUT2D eigenvalue weighted by atomic mass is 10.0. The Kier molecular flexibility index (Phi) is 19.9. The predicted octanol–water partition coefficient (Wildman–Crippen LogP) is 9.13. The van der Waals surface area contributed by atoms with Crippen LogP contribution in [0.25, 0.3) is 0 Å². The van der Waals surface area contributed by atoms with Crippen molar-refractivity contribution in [1.82, 2.24) is 9.97 Å². The summed E-state index contributed by atoms with van der Waals surface area (Å²) in [6, 6.07) is 20.6. The van der Waals surface area contributed by atoms with Crippen LogP contribution in [0.4, 0.5) is 0 Å². The molecule has 0 aliphatic carbocycles. The molecule has 168 valence electrons. The van der Waals surface area contributed by atoms with E-state index in [2.05, 4.69) is 75.8 Å². The molecule has 0 aliphatic heterocycles. The highest BCUT2D eigenvalue weighted by molar-refractivity contribution is 5.17. The van der Waals surface area contributed by atoms with E-state index in [1.807, 2.05) is 55.0 Å². The Morgan fingerprint density at radius 2 is 0.967 bits per heavy atom. The van der Waals surface area contributed by atoms with Crippen molar-refractivity contribution in [2.75, 3.05) is 0 Å². The zero-order valence-corrected chi connectivity index (χ0v) is 17.6. The van der Waals surface area contributed by atoms with E-state index in [9.17, 15) is 0 Å². The smallest absolute Gasteiger partial charge is 0.0428 e. The Bertz CT molecular complexity index is 602. The fraction of sp³-hybridized carbons (Fsp3) is 0.429. The number of hydrogen-bond acceptors (Lipinski definition) is 2. The van der Waals surface area contributed by atoms with Gasteiger partial charge >= 0.3 is 0 Å². The monoisotopic (exact) mass is 410 g/mol. The first-order chi connectivity index (χ1) is 12.9. The van der Waals surface area contributed by atoms with E-state index in [4.69, 9.17) is 0 Å². The first kappa shape index (κ1) is 32.2. The third-order valence-electron chi connectivity index (χ3n) is 4.12. The lowest BCUT2D eigenvalue weighted by Crippen LogP contribution is -1.88. The molecule has 2 heterocycles. The van der Waals surface area contributed by atoms with Gasteiger partial charge in [0.05, 0.1) is 0 Å². The second-order valence-electron chi connectivity index (χ2n) is 7.41. The molecule has 0 bridgehead atoms. The summed E-state index contributed by atoms with van der Waals surface area (Å²) in [5.74, 6) is 1.82. The fourth-order valence-corrected chi connectivity index (χ4v) is 2.30. The summed E-state index contributed by atoms with van der Waals surface area (Å²) in [4.78, 5) is 8.11. The van der Waals surface area contributed by atoms with Crippen molar-refractivity contribution in [3.8, 4) is 0 Å². The van der Waals surface area contributed by atoms with Crippen molar-refractivity contribution in [1.29, 1.82) is 0 Å². The average Bonchev–Trinajstić information content (AvgIpc) is 2.71. The third-order valence-corrected chi connectivity index (χ3v) is 4.12. The number of hydrogen-bond donors (Lipinski definition) is 0. The average molecular weight is 411 g/mol. The van der Waals surface area contributed by atoms with Crippen LogP contribution in [0.5, 0.6) is 0 Å². The first-order valence-electron chi connectivity index (χ1n) is 9.77. The van der Waals surface area contributed by atoms with Gasteiger partial charge in [0.2, 0.25) is 0 Å². The highest BCUT2D eigenvalue weighted by Gasteiger charge is 1.96. The molecule has 3 rings (SSSR count). The predicted molar refractivity (Wildman–Crippen MR) is 137 cm³/mol. The molecule has 0 fully saturated rings. The largest absolute Gasteiger partial charge is 0.265 e. The fourth-order valence-electron chi connectivity index (χ4n) is 2.30. The molecule has 0 atom stereocenters. The van der Waals surface area contributed by atoms with Crippen LogP contribution < -0.4 is 0 Å². The summed E-state index contributed by atoms with van der Waals surface area (Å²) >= 11 is 0. The van der Waals surface area contributed by atoms with Gasteiger partial charge in [0.1, 0.15) is 0 Å². The lowest BCUT2D eigenvalue weighted by molar-refractivity contribution is 0.823. The molecule has 2 heteroatoms. The van der Waals surface area contributed by atoms with Crippen LogP contribution >= 0.6 is 0 Å². The molecule has 0 N–H and O–H groups in total. The van der Waals surface area contributed by atoms with Gasteiger partial charge in [0.15, 0.2) is 0 Å². The minimum Gasteiger partial charge on any atom is -0.265 e. The topological polar surface area (TPSA) is 25.8 Å². The van der Waals surface area contributed by atoms with E-state index in [-0.39, 0.29) is 22.3 Å². The number of pyridine rings is 2. The summed E-state index contributed by atoms with van der Waals surface area (Å²) in [5.41, 5.74) is 3.93. The lowest BCUT2D eigenvalue weighted by Gasteiger charge is -2.01. The molecule has 2 aromatic heterocycles. The van der Waals surface area contributed by atoms with Gasteiger partial charge in [0.25, 0.3) is 0 Å². The van der Waals surface area contributed by atoms with Crippen molar-refractivity contribution in [2.45, 2.75) is 81.6 Å². The number of nitrogens with zero attached hydrogens (tertiary/aromatic N) is 2. The maximum Gasteiger partial charge on any atom is 0.0428 e. The molecule has 0 unspecified atom stereocenters. The molecule has 3 aromatic rings. The van der Waals surface area contributed by atoms with Crippen molar-refractivity contribution >= 4 is 0 Å². The molecule has 0 saturated carbocycles. The van der Waals surface area contributed by atoms with Gasteiger partial charge in [-0.3, -0.25) is 9.97 Å². The standard InChI is InChI=1S/C9H12.2C8H11N.3CH4/c1-8(2)9-6-4-3-5-7-9;1-7(2)8-3-5-9-6-4-8;1-7(2)8-5-3-4-6-9-8;;;/h3-8H,1-2H3;2*3-7H,1-2H3;3*1H4. The van der Waals surface area contributed by atoms with Crippen molar-refractivity contribution < 1.29 is 0 Å². The molecular formula is C28H46N2. The third kappa shape index (κ3) is 13.7. The maximum atomic E-state index is 4.18. The summed E-state index contributed by atoms with van der Waals surface area (Å²) < 4.78 is 0. The second-order valence-corrected chi connectivity index (χ2v) is 7.41. The van der Waals surface area contributed by atoms with Crippen LogP contribution in [-0.4, -0.2) is 9.97 Å². The molecule has 0 radical (unpaired) electrons. The van der Waals surface area contributed by atoms with Gasteiger partial charge in [0, 0.05) is 24.3 Å². The Hall–Kier alpha value is -2.48. The maximum absolute atomic E-state index is 4.18. The quantitative estimate of drug-likeness (QED) is 0.430. The van der Waals surface area contributed by atoms with Crippen LogP contribution in [0.2, 0.25) is 0 Å². The molecule has 2 nitrogen and oxygen atoms in total. The van der Waals surface area contributed by atoms with Crippen LogP contribution in [-0.2, 0) is 0 Å². The highest BCUT2D eigenvalue weighted by Crippen LogP contribution is 2.12. The Labute approximate surface area is 187 Å². The summed E-state index contributed by atoms with van der Waals surface area (Å²) in [6.07, 6.45) is 5.49. The molecule has 0 amide bonds. The zero-order valence-electron chi connectivity index (χ0n) is 17.6. The zero-order chi connectivity index (χ0) is 20.1. The van der Waals surface area contributed by atoms with Crippen molar-refractivity contribution in [3.63, 3.8) is 0 Å². The van der Waals surface area contributed by atoms with E-state index in [0.29, 0.717) is 17.8 Å². The number of aromatic nitrogens is 2. The first-order valence-corrected chi connectivity index (χ1v) is 9.77. The normalized spacial score (nSPS) is 9.10. The van der Waals surface area contributed by atoms with Crippen LogP contribution in [0.15, 0.2) is 79.3 Å². The Morgan fingerprint density at radius 3 is 1.27 bits per heavy atom. The SMILES string of the molecule is C.C.C.CC(C)c1ccccc1.CC(C)c1ccccn1.CC(C)c1ccncc1. The summed E-state index contributed by atoms with van der Waals surface area (Å²) in [7, 11) is 0. The van der Waals surface area contributed by atoms with E-state index < -0.39 is 0 Å². The van der Waals surface area contributed by atoms with Gasteiger partial charge in [-0.2, -0.15) is 0 Å². The van der Waals surface area contributed by atoms with Gasteiger partial charge < -0.3 is 0 Å². The second kappa shape index (κ2) is 18.5. The molecule has 30 heavy (non-hydrogen) atoms. The van der Waals surface area contributed by atoms with Crippen molar-refractivity contribution in [2.24, 2.45) is 0 Å². The Morgan fingerprint density at radius 1 is 0.500 bits per heavy atom. The van der Waals surface area contributed by atoms with Gasteiger partial charge in [-0.05, 0) is 53.1 Å². The summed E-state index contributed by atoms with van der Waals surface area (Å²) in [5, 5.41) is 0. The summed E-state index contributed by atoms with van der Waals surface area (Å²) in [6.45, 7) is 13.0. The van der Waals surface area contributed by atoms with Gasteiger partial charge in [-0.15, -0.1) is 0 Å². The van der Waals surface area contributed by atoms with E-state index >= 15 is 0 Å². The van der Waals surface area contributed by atoms with Crippen LogP contribution in [0.3, 0.4) is 0 Å². The van der Waals surface area contributed by atoms with E-state index in [1.165, 1.54) is 11.1 Å². The Balaban J connectivity index is -0.000000347.